The van der Waals surface area contributed by atoms with Gasteiger partial charge >= 0.3 is 0 Å². The smallest absolute Gasteiger partial charge is 0.0998 e. The predicted molar refractivity (Wildman–Crippen MR) is 90.5 cm³/mol. The third kappa shape index (κ3) is 4.06. The maximum atomic E-state index is 9.34. The summed E-state index contributed by atoms with van der Waals surface area (Å²) >= 11 is 5.18. The van der Waals surface area contributed by atoms with E-state index in [-0.39, 0.29) is 0 Å². The molecule has 0 atom stereocenters. The summed E-state index contributed by atoms with van der Waals surface area (Å²) in [7, 11) is 0. The van der Waals surface area contributed by atoms with Gasteiger partial charge in [-0.3, -0.25) is 0 Å². The van der Waals surface area contributed by atoms with Gasteiger partial charge in [-0.25, -0.2) is 0 Å². The summed E-state index contributed by atoms with van der Waals surface area (Å²) in [6.45, 7) is 4.44. The summed E-state index contributed by atoms with van der Waals surface area (Å²) in [6.07, 6.45) is 3.07. The van der Waals surface area contributed by atoms with Gasteiger partial charge in [0.2, 0.25) is 0 Å². The van der Waals surface area contributed by atoms with Crippen LogP contribution in [0.15, 0.2) is 40.9 Å². The summed E-state index contributed by atoms with van der Waals surface area (Å²) in [5, 5.41) is 9.34. The third-order valence-electron chi connectivity index (χ3n) is 2.85. The lowest BCUT2D eigenvalue weighted by Gasteiger charge is -2.00. The monoisotopic (exact) mass is 345 g/mol. The molecular formula is C17H16BrNS. The SMILES string of the molecule is CC(C)Cc1ccc(/C=C(\C#N)c2ccc(Br)cc2)s1. The molecule has 0 spiro atoms. The average molecular weight is 346 g/mol. The summed E-state index contributed by atoms with van der Waals surface area (Å²) in [5.41, 5.74) is 1.66. The van der Waals surface area contributed by atoms with E-state index in [0.717, 1.165) is 21.3 Å². The van der Waals surface area contributed by atoms with Crippen molar-refractivity contribution >= 4 is 38.9 Å². The Bertz CT molecular complexity index is 644. The highest BCUT2D eigenvalue weighted by molar-refractivity contribution is 9.10. The molecule has 2 rings (SSSR count). The van der Waals surface area contributed by atoms with Crippen molar-refractivity contribution in [1.82, 2.24) is 0 Å². The van der Waals surface area contributed by atoms with Gasteiger partial charge in [-0.05, 0) is 48.2 Å². The Balaban J connectivity index is 2.25. The van der Waals surface area contributed by atoms with Crippen LogP contribution in [0.1, 0.15) is 29.2 Å². The van der Waals surface area contributed by atoms with Crippen molar-refractivity contribution < 1.29 is 0 Å². The molecule has 0 unspecified atom stereocenters. The molecule has 0 aliphatic heterocycles. The van der Waals surface area contributed by atoms with Crippen molar-refractivity contribution in [3.8, 4) is 6.07 Å². The van der Waals surface area contributed by atoms with E-state index >= 15 is 0 Å². The van der Waals surface area contributed by atoms with Crippen LogP contribution in [0.4, 0.5) is 0 Å². The number of halogens is 1. The third-order valence-corrected chi connectivity index (χ3v) is 4.44. The molecule has 0 amide bonds. The molecular weight excluding hydrogens is 330 g/mol. The molecule has 1 aromatic carbocycles. The molecule has 0 saturated heterocycles. The van der Waals surface area contributed by atoms with Gasteiger partial charge in [-0.1, -0.05) is 41.9 Å². The second-order valence-electron chi connectivity index (χ2n) is 5.08. The average Bonchev–Trinajstić information content (AvgIpc) is 2.83. The van der Waals surface area contributed by atoms with E-state index in [0.29, 0.717) is 11.5 Å². The second kappa shape index (κ2) is 6.88. The molecule has 0 saturated carbocycles. The van der Waals surface area contributed by atoms with Crippen LogP contribution in [0.2, 0.25) is 0 Å². The Morgan fingerprint density at radius 2 is 1.95 bits per heavy atom. The van der Waals surface area contributed by atoms with E-state index < -0.39 is 0 Å². The lowest BCUT2D eigenvalue weighted by atomic mass is 10.1. The van der Waals surface area contributed by atoms with Gasteiger partial charge in [0.15, 0.2) is 0 Å². The van der Waals surface area contributed by atoms with E-state index in [9.17, 15) is 5.26 Å². The molecule has 0 N–H and O–H groups in total. The Labute approximate surface area is 132 Å². The second-order valence-corrected chi connectivity index (χ2v) is 7.19. The van der Waals surface area contributed by atoms with E-state index in [2.05, 4.69) is 48.0 Å². The zero-order valence-electron chi connectivity index (χ0n) is 11.6. The van der Waals surface area contributed by atoms with Crippen LogP contribution in [0, 0.1) is 17.2 Å². The topological polar surface area (TPSA) is 23.8 Å². The van der Waals surface area contributed by atoms with Gasteiger partial charge in [-0.2, -0.15) is 5.26 Å². The Kier molecular flexibility index (Phi) is 5.17. The highest BCUT2D eigenvalue weighted by Crippen LogP contribution is 2.25. The van der Waals surface area contributed by atoms with Crippen molar-refractivity contribution in [3.63, 3.8) is 0 Å². The van der Waals surface area contributed by atoms with Crippen molar-refractivity contribution in [1.29, 1.82) is 5.26 Å². The van der Waals surface area contributed by atoms with Crippen LogP contribution < -0.4 is 0 Å². The van der Waals surface area contributed by atoms with Gasteiger partial charge in [0, 0.05) is 14.2 Å². The van der Waals surface area contributed by atoms with Crippen LogP contribution >= 0.6 is 27.3 Å². The molecule has 0 aliphatic rings. The number of rotatable bonds is 4. The Hall–Kier alpha value is -1.37. The van der Waals surface area contributed by atoms with E-state index in [1.807, 2.05) is 30.3 Å². The fourth-order valence-electron chi connectivity index (χ4n) is 1.94. The van der Waals surface area contributed by atoms with Crippen LogP contribution in [0.3, 0.4) is 0 Å². The van der Waals surface area contributed by atoms with Crippen LogP contribution in [-0.2, 0) is 6.42 Å². The number of thiophene rings is 1. The molecule has 2 aromatic rings. The van der Waals surface area contributed by atoms with Gasteiger partial charge < -0.3 is 0 Å². The van der Waals surface area contributed by atoms with Crippen molar-refractivity contribution in [3.05, 3.63) is 56.2 Å². The molecule has 1 aromatic heterocycles. The Morgan fingerprint density at radius 1 is 1.25 bits per heavy atom. The highest BCUT2D eigenvalue weighted by atomic mass is 79.9. The lowest BCUT2D eigenvalue weighted by Crippen LogP contribution is -1.89. The first kappa shape index (κ1) is 15.0. The molecule has 0 aliphatic carbocycles. The molecule has 1 heterocycles. The van der Waals surface area contributed by atoms with E-state index in [4.69, 9.17) is 0 Å². The zero-order valence-corrected chi connectivity index (χ0v) is 14.0. The summed E-state index contributed by atoms with van der Waals surface area (Å²) in [5.74, 6) is 0.660. The first-order valence-corrected chi connectivity index (χ1v) is 8.16. The van der Waals surface area contributed by atoms with Gasteiger partial charge in [0.25, 0.3) is 0 Å². The largest absolute Gasteiger partial charge is 0.192 e. The summed E-state index contributed by atoms with van der Waals surface area (Å²) < 4.78 is 1.02. The van der Waals surface area contributed by atoms with E-state index in [1.54, 1.807) is 11.3 Å². The molecule has 3 heteroatoms. The minimum atomic E-state index is 0.660. The zero-order chi connectivity index (χ0) is 14.5. The van der Waals surface area contributed by atoms with Gasteiger partial charge in [-0.15, -0.1) is 11.3 Å². The number of hydrogen-bond acceptors (Lipinski definition) is 2. The first-order chi connectivity index (χ1) is 9.58. The fraction of sp³-hybridized carbons (Fsp3) is 0.235. The number of hydrogen-bond donors (Lipinski definition) is 0. The maximum Gasteiger partial charge on any atom is 0.0998 e. The van der Waals surface area contributed by atoms with Crippen molar-refractivity contribution in [2.24, 2.45) is 5.92 Å². The first-order valence-electron chi connectivity index (χ1n) is 6.55. The summed E-state index contributed by atoms with van der Waals surface area (Å²) in [4.78, 5) is 2.51. The normalized spacial score (nSPS) is 11.7. The number of nitriles is 1. The highest BCUT2D eigenvalue weighted by Gasteiger charge is 2.04. The lowest BCUT2D eigenvalue weighted by molar-refractivity contribution is 0.654. The number of benzene rings is 1. The molecule has 0 radical (unpaired) electrons. The number of allylic oxidation sites excluding steroid dienone is 1. The van der Waals surface area contributed by atoms with E-state index in [1.165, 1.54) is 4.88 Å². The molecule has 0 fully saturated rings. The Morgan fingerprint density at radius 3 is 2.55 bits per heavy atom. The molecule has 102 valence electrons. The minimum Gasteiger partial charge on any atom is -0.192 e. The fourth-order valence-corrected chi connectivity index (χ4v) is 3.37. The quantitative estimate of drug-likeness (QED) is 0.645. The molecule has 20 heavy (non-hydrogen) atoms. The molecule has 0 bridgehead atoms. The van der Waals surface area contributed by atoms with Crippen molar-refractivity contribution in [2.45, 2.75) is 20.3 Å². The number of nitrogens with zero attached hydrogens (tertiary/aromatic N) is 1. The van der Waals surface area contributed by atoms with Gasteiger partial charge in [0.1, 0.15) is 0 Å². The molecule has 1 nitrogen and oxygen atoms in total. The van der Waals surface area contributed by atoms with Crippen LogP contribution in [-0.4, -0.2) is 0 Å². The van der Waals surface area contributed by atoms with Gasteiger partial charge in [0.05, 0.1) is 11.6 Å². The predicted octanol–water partition coefficient (Wildman–Crippen LogP) is 5.77. The van der Waals surface area contributed by atoms with Crippen LogP contribution in [0.25, 0.3) is 11.6 Å². The van der Waals surface area contributed by atoms with Crippen LogP contribution in [0.5, 0.6) is 0 Å². The maximum absolute atomic E-state index is 9.34. The minimum absolute atomic E-state index is 0.660. The standard InChI is InChI=1S/C17H16BrNS/c1-12(2)9-16-7-8-17(20-16)10-14(11-19)13-3-5-15(18)6-4-13/h3-8,10,12H,9H2,1-2H3/b14-10+. The summed E-state index contributed by atoms with van der Waals surface area (Å²) in [6, 6.07) is 14.4. The van der Waals surface area contributed by atoms with Crippen molar-refractivity contribution in [2.75, 3.05) is 0 Å².